The fourth-order valence-electron chi connectivity index (χ4n) is 4.07. The van der Waals surface area contributed by atoms with E-state index in [0.29, 0.717) is 6.54 Å². The van der Waals surface area contributed by atoms with Gasteiger partial charge in [-0.3, -0.25) is 4.79 Å². The number of rotatable bonds is 6. The first kappa shape index (κ1) is 19.6. The van der Waals surface area contributed by atoms with E-state index in [1.54, 1.807) is 0 Å². The molecule has 6 heteroatoms. The van der Waals surface area contributed by atoms with Crippen LogP contribution in [0.3, 0.4) is 0 Å². The highest BCUT2D eigenvalue weighted by Gasteiger charge is 2.30. The largest absolute Gasteiger partial charge is 0.454 e. The molecule has 6 nitrogen and oxygen atoms in total. The molecule has 0 saturated carbocycles. The number of anilines is 1. The molecule has 0 spiro atoms. The third kappa shape index (κ3) is 4.48. The second-order valence-electron chi connectivity index (χ2n) is 8.05. The lowest BCUT2D eigenvalue weighted by Crippen LogP contribution is -3.15. The van der Waals surface area contributed by atoms with Crippen LogP contribution in [0.1, 0.15) is 25.5 Å². The van der Waals surface area contributed by atoms with Gasteiger partial charge in [-0.25, -0.2) is 0 Å². The lowest BCUT2D eigenvalue weighted by molar-refractivity contribution is -0.931. The van der Waals surface area contributed by atoms with Crippen molar-refractivity contribution in [3.8, 4) is 11.5 Å². The van der Waals surface area contributed by atoms with E-state index in [2.05, 4.69) is 52.7 Å². The zero-order valence-corrected chi connectivity index (χ0v) is 17.2. The second kappa shape index (κ2) is 8.74. The molecule has 2 N–H and O–H groups in total. The maximum atomic E-state index is 12.2. The van der Waals surface area contributed by atoms with E-state index in [1.807, 2.05) is 19.9 Å². The van der Waals surface area contributed by atoms with Crippen molar-refractivity contribution in [1.29, 1.82) is 0 Å². The maximum absolute atomic E-state index is 12.2. The molecular formula is C23H30N3O3+. The highest BCUT2D eigenvalue weighted by molar-refractivity contribution is 5.77. The lowest BCUT2D eigenvalue weighted by atomic mass is 10.0. The monoisotopic (exact) mass is 396 g/mol. The molecule has 2 aliphatic heterocycles. The standard InChI is InChI=1S/C23H29N3O3/c1-17(2)23(27)24-15-20(18-8-9-21-22(14-18)29-16-28-21)26-12-10-25(11-13-26)19-6-4-3-5-7-19/h3-9,14,17,20H,10-13,15-16H2,1-2H3,(H,24,27)/p+1/t20-/m1/s1. The normalized spacial score (nSPS) is 17.4. The molecule has 0 aromatic heterocycles. The number of ether oxygens (including phenoxy) is 2. The van der Waals surface area contributed by atoms with E-state index in [0.717, 1.165) is 37.7 Å². The van der Waals surface area contributed by atoms with Crippen molar-refractivity contribution in [3.05, 3.63) is 54.1 Å². The number of piperazine rings is 1. The summed E-state index contributed by atoms with van der Waals surface area (Å²) in [5.41, 5.74) is 2.46. The maximum Gasteiger partial charge on any atom is 0.231 e. The van der Waals surface area contributed by atoms with E-state index in [1.165, 1.54) is 16.2 Å². The highest BCUT2D eigenvalue weighted by atomic mass is 16.7. The Hall–Kier alpha value is -2.73. The first-order valence-electron chi connectivity index (χ1n) is 10.4. The summed E-state index contributed by atoms with van der Waals surface area (Å²) in [4.78, 5) is 16.1. The average molecular weight is 397 g/mol. The van der Waals surface area contributed by atoms with Crippen LogP contribution < -0.4 is 24.6 Å². The van der Waals surface area contributed by atoms with Crippen LogP contribution in [0.25, 0.3) is 0 Å². The first-order valence-corrected chi connectivity index (χ1v) is 10.4. The van der Waals surface area contributed by atoms with Gasteiger partial charge in [0.05, 0.1) is 32.7 Å². The minimum Gasteiger partial charge on any atom is -0.454 e. The molecule has 154 valence electrons. The summed E-state index contributed by atoms with van der Waals surface area (Å²) in [5, 5.41) is 3.14. The number of nitrogens with zero attached hydrogens (tertiary/aromatic N) is 1. The van der Waals surface area contributed by atoms with Crippen molar-refractivity contribution in [3.63, 3.8) is 0 Å². The van der Waals surface area contributed by atoms with Gasteiger partial charge in [0.1, 0.15) is 6.04 Å². The topological polar surface area (TPSA) is 55.2 Å². The fraction of sp³-hybridized carbons (Fsp3) is 0.435. The van der Waals surface area contributed by atoms with Crippen molar-refractivity contribution < 1.29 is 19.2 Å². The number of hydrogen-bond acceptors (Lipinski definition) is 4. The molecule has 0 radical (unpaired) electrons. The lowest BCUT2D eigenvalue weighted by Gasteiger charge is -2.38. The number of para-hydroxylation sites is 1. The summed E-state index contributed by atoms with van der Waals surface area (Å²) in [6.45, 7) is 8.79. The number of carbonyl (C=O) groups excluding carboxylic acids is 1. The van der Waals surface area contributed by atoms with Crippen LogP contribution in [-0.4, -0.2) is 45.4 Å². The summed E-state index contributed by atoms with van der Waals surface area (Å²) < 4.78 is 11.1. The molecular weight excluding hydrogens is 366 g/mol. The minimum absolute atomic E-state index is 0.0164. The van der Waals surface area contributed by atoms with Gasteiger partial charge in [0.15, 0.2) is 11.5 Å². The van der Waals surface area contributed by atoms with E-state index in [-0.39, 0.29) is 24.7 Å². The molecule has 1 saturated heterocycles. The van der Waals surface area contributed by atoms with Crippen LogP contribution in [0, 0.1) is 5.92 Å². The number of benzene rings is 2. The van der Waals surface area contributed by atoms with E-state index >= 15 is 0 Å². The van der Waals surface area contributed by atoms with Crippen molar-refractivity contribution in [1.82, 2.24) is 5.32 Å². The summed E-state index contributed by atoms with van der Waals surface area (Å²) in [6.07, 6.45) is 0. The molecule has 2 aliphatic rings. The van der Waals surface area contributed by atoms with Crippen LogP contribution >= 0.6 is 0 Å². The molecule has 0 unspecified atom stereocenters. The van der Waals surface area contributed by atoms with Gasteiger partial charge < -0.3 is 24.6 Å². The summed E-state index contributed by atoms with van der Waals surface area (Å²) in [6, 6.07) is 16.9. The third-order valence-electron chi connectivity index (χ3n) is 5.82. The van der Waals surface area contributed by atoms with Gasteiger partial charge in [-0.1, -0.05) is 32.0 Å². The average Bonchev–Trinajstić information content (AvgIpc) is 3.23. The van der Waals surface area contributed by atoms with Crippen LogP contribution in [0.15, 0.2) is 48.5 Å². The molecule has 1 fully saturated rings. The minimum atomic E-state index is -0.0164. The Balaban J connectivity index is 1.49. The molecule has 2 aromatic rings. The Morgan fingerprint density at radius 1 is 1.07 bits per heavy atom. The molecule has 1 atom stereocenters. The molecule has 0 aliphatic carbocycles. The highest BCUT2D eigenvalue weighted by Crippen LogP contribution is 2.33. The molecule has 2 heterocycles. The third-order valence-corrected chi connectivity index (χ3v) is 5.82. The van der Waals surface area contributed by atoms with Crippen LogP contribution in [-0.2, 0) is 4.79 Å². The van der Waals surface area contributed by atoms with Crippen LogP contribution in [0.2, 0.25) is 0 Å². The Morgan fingerprint density at radius 2 is 1.79 bits per heavy atom. The SMILES string of the molecule is CC(C)C(=O)NC[C@H](c1ccc2c(c1)OCO2)[NH+]1CCN(c2ccccc2)CC1. The van der Waals surface area contributed by atoms with Gasteiger partial charge in [0.2, 0.25) is 12.7 Å². The molecule has 0 bridgehead atoms. The number of nitrogens with one attached hydrogen (secondary N) is 2. The zero-order chi connectivity index (χ0) is 20.2. The number of hydrogen-bond donors (Lipinski definition) is 2. The summed E-state index contributed by atoms with van der Waals surface area (Å²) in [7, 11) is 0. The Labute approximate surface area is 172 Å². The molecule has 2 aromatic carbocycles. The van der Waals surface area contributed by atoms with Gasteiger partial charge >= 0.3 is 0 Å². The van der Waals surface area contributed by atoms with Gasteiger partial charge in [-0.15, -0.1) is 0 Å². The predicted octanol–water partition coefficient (Wildman–Crippen LogP) is 1.63. The Morgan fingerprint density at radius 3 is 2.52 bits per heavy atom. The van der Waals surface area contributed by atoms with Crippen LogP contribution in [0.4, 0.5) is 5.69 Å². The number of carbonyl (C=O) groups is 1. The molecule has 1 amide bonds. The number of quaternary nitrogens is 1. The van der Waals surface area contributed by atoms with Gasteiger partial charge in [-0.2, -0.15) is 0 Å². The van der Waals surface area contributed by atoms with Crippen molar-refractivity contribution in [2.75, 3.05) is 44.4 Å². The second-order valence-corrected chi connectivity index (χ2v) is 8.05. The van der Waals surface area contributed by atoms with E-state index in [4.69, 9.17) is 9.47 Å². The van der Waals surface area contributed by atoms with Gasteiger partial charge in [0, 0.05) is 17.2 Å². The zero-order valence-electron chi connectivity index (χ0n) is 17.2. The first-order chi connectivity index (χ1) is 14.1. The van der Waals surface area contributed by atoms with E-state index in [9.17, 15) is 4.79 Å². The smallest absolute Gasteiger partial charge is 0.231 e. The quantitative estimate of drug-likeness (QED) is 0.780. The van der Waals surface area contributed by atoms with Crippen LogP contribution in [0.5, 0.6) is 11.5 Å². The Kier molecular flexibility index (Phi) is 5.90. The number of amides is 1. The Bertz CT molecular complexity index is 833. The van der Waals surface area contributed by atoms with Crippen molar-refractivity contribution >= 4 is 11.6 Å². The number of fused-ring (bicyclic) bond motifs is 1. The summed E-state index contributed by atoms with van der Waals surface area (Å²) >= 11 is 0. The van der Waals surface area contributed by atoms with Crippen molar-refractivity contribution in [2.45, 2.75) is 19.9 Å². The van der Waals surface area contributed by atoms with Crippen molar-refractivity contribution in [2.24, 2.45) is 5.92 Å². The summed E-state index contributed by atoms with van der Waals surface area (Å²) in [5.74, 6) is 1.67. The predicted molar refractivity (Wildman–Crippen MR) is 113 cm³/mol. The van der Waals surface area contributed by atoms with Gasteiger partial charge in [0.25, 0.3) is 0 Å². The van der Waals surface area contributed by atoms with Gasteiger partial charge in [-0.05, 0) is 30.3 Å². The molecule has 29 heavy (non-hydrogen) atoms. The van der Waals surface area contributed by atoms with E-state index < -0.39 is 0 Å². The molecule has 4 rings (SSSR count). The fourth-order valence-corrected chi connectivity index (χ4v) is 4.07.